The van der Waals surface area contributed by atoms with E-state index in [1.54, 1.807) is 17.8 Å². The minimum absolute atomic E-state index is 0.429. The third kappa shape index (κ3) is 3.16. The van der Waals surface area contributed by atoms with Crippen molar-refractivity contribution in [2.24, 2.45) is 5.92 Å². The Hall–Kier alpha value is -0.630. The van der Waals surface area contributed by atoms with Crippen LogP contribution in [0.5, 0.6) is 5.75 Å². The maximum Gasteiger partial charge on any atom is 0.129 e. The van der Waals surface area contributed by atoms with Crippen LogP contribution in [0.1, 0.15) is 32.1 Å². The van der Waals surface area contributed by atoms with Gasteiger partial charge in [0, 0.05) is 10.6 Å². The summed E-state index contributed by atoms with van der Waals surface area (Å²) in [6, 6.07) is 7.63. The summed E-state index contributed by atoms with van der Waals surface area (Å²) in [6.45, 7) is 0. The van der Waals surface area contributed by atoms with Gasteiger partial charge >= 0.3 is 0 Å². The first-order valence-electron chi connectivity index (χ1n) is 5.77. The highest BCUT2D eigenvalue weighted by atomic mass is 32.2. The summed E-state index contributed by atoms with van der Waals surface area (Å²) in [5.74, 6) is 2.46. The Morgan fingerprint density at radius 2 is 1.87 bits per heavy atom. The maximum atomic E-state index is 9.62. The second kappa shape index (κ2) is 5.45. The van der Waals surface area contributed by atoms with Crippen molar-refractivity contribution in [2.45, 2.75) is 37.0 Å². The topological polar surface area (TPSA) is 20.2 Å². The fraction of sp³-hybridized carbons (Fsp3) is 0.538. The van der Waals surface area contributed by atoms with E-state index in [0.29, 0.717) is 5.75 Å². The van der Waals surface area contributed by atoms with E-state index < -0.39 is 0 Å². The van der Waals surface area contributed by atoms with Crippen LogP contribution in [0.3, 0.4) is 0 Å². The Balaban J connectivity index is 1.84. The van der Waals surface area contributed by atoms with Crippen molar-refractivity contribution in [3.05, 3.63) is 24.3 Å². The molecule has 15 heavy (non-hydrogen) atoms. The zero-order chi connectivity index (χ0) is 10.5. The Kier molecular flexibility index (Phi) is 3.95. The van der Waals surface area contributed by atoms with Gasteiger partial charge in [-0.05, 0) is 30.9 Å². The lowest BCUT2D eigenvalue weighted by Crippen LogP contribution is -2.08. The van der Waals surface area contributed by atoms with Crippen molar-refractivity contribution in [1.82, 2.24) is 0 Å². The van der Waals surface area contributed by atoms with Gasteiger partial charge in [0.25, 0.3) is 0 Å². The molecular weight excluding hydrogens is 204 g/mol. The molecule has 0 unspecified atom stereocenters. The van der Waals surface area contributed by atoms with Crippen molar-refractivity contribution < 1.29 is 5.11 Å². The van der Waals surface area contributed by atoms with Gasteiger partial charge in [-0.25, -0.2) is 0 Å². The van der Waals surface area contributed by atoms with Gasteiger partial charge in [0.15, 0.2) is 0 Å². The van der Waals surface area contributed by atoms with Gasteiger partial charge in [0.05, 0.1) is 0 Å². The van der Waals surface area contributed by atoms with E-state index in [9.17, 15) is 5.11 Å². The lowest BCUT2D eigenvalue weighted by atomic mass is 9.91. The Morgan fingerprint density at radius 3 is 2.60 bits per heavy atom. The van der Waals surface area contributed by atoms with Gasteiger partial charge in [-0.3, -0.25) is 0 Å². The molecule has 0 amide bonds. The molecule has 0 heterocycles. The van der Waals surface area contributed by atoms with Gasteiger partial charge in [-0.2, -0.15) is 0 Å². The molecule has 1 N–H and O–H groups in total. The van der Waals surface area contributed by atoms with Crippen molar-refractivity contribution in [2.75, 3.05) is 5.75 Å². The van der Waals surface area contributed by atoms with Gasteiger partial charge in [0.1, 0.15) is 5.75 Å². The minimum atomic E-state index is 0.429. The number of hydrogen-bond donors (Lipinski definition) is 1. The monoisotopic (exact) mass is 222 g/mol. The molecule has 0 aromatic heterocycles. The number of para-hydroxylation sites is 1. The van der Waals surface area contributed by atoms with Crippen molar-refractivity contribution in [3.63, 3.8) is 0 Å². The molecule has 0 atom stereocenters. The van der Waals surface area contributed by atoms with Crippen LogP contribution in [0, 0.1) is 5.92 Å². The number of thioether (sulfide) groups is 1. The molecule has 0 saturated heterocycles. The van der Waals surface area contributed by atoms with Crippen molar-refractivity contribution >= 4 is 11.8 Å². The molecule has 1 saturated carbocycles. The number of phenols is 1. The highest BCUT2D eigenvalue weighted by Gasteiger charge is 2.14. The fourth-order valence-corrected chi connectivity index (χ4v) is 3.28. The molecular formula is C13H18OS. The summed E-state index contributed by atoms with van der Waals surface area (Å²) < 4.78 is 0. The van der Waals surface area contributed by atoms with Gasteiger partial charge < -0.3 is 5.11 Å². The predicted molar refractivity (Wildman–Crippen MR) is 65.4 cm³/mol. The largest absolute Gasteiger partial charge is 0.507 e. The first-order chi connectivity index (χ1) is 7.36. The molecule has 82 valence electrons. The molecule has 1 fully saturated rings. The van der Waals surface area contributed by atoms with Gasteiger partial charge in [-0.15, -0.1) is 11.8 Å². The second-order valence-electron chi connectivity index (χ2n) is 4.28. The van der Waals surface area contributed by atoms with Crippen LogP contribution in [0.4, 0.5) is 0 Å². The summed E-state index contributed by atoms with van der Waals surface area (Å²) in [5, 5.41) is 9.62. The van der Waals surface area contributed by atoms with Crippen LogP contribution in [0.2, 0.25) is 0 Å². The number of rotatable bonds is 3. The highest BCUT2D eigenvalue weighted by molar-refractivity contribution is 7.99. The molecule has 1 aliphatic rings. The number of hydrogen-bond acceptors (Lipinski definition) is 2. The lowest BCUT2D eigenvalue weighted by molar-refractivity contribution is 0.390. The first kappa shape index (κ1) is 10.9. The molecule has 1 aromatic rings. The van der Waals surface area contributed by atoms with E-state index >= 15 is 0 Å². The lowest BCUT2D eigenvalue weighted by Gasteiger charge is -2.21. The van der Waals surface area contributed by atoms with Crippen LogP contribution >= 0.6 is 11.8 Å². The van der Waals surface area contributed by atoms with E-state index in [0.717, 1.165) is 16.6 Å². The molecule has 1 nitrogen and oxygen atoms in total. The normalized spacial score (nSPS) is 17.9. The molecule has 1 aromatic carbocycles. The molecule has 0 bridgehead atoms. The van der Waals surface area contributed by atoms with Crippen LogP contribution in [-0.4, -0.2) is 10.9 Å². The Morgan fingerprint density at radius 1 is 1.13 bits per heavy atom. The Bertz CT molecular complexity index is 305. The number of phenolic OH excluding ortho intramolecular Hbond substituents is 1. The van der Waals surface area contributed by atoms with Crippen molar-refractivity contribution in [3.8, 4) is 5.75 Å². The van der Waals surface area contributed by atoms with Crippen LogP contribution in [0.15, 0.2) is 29.2 Å². The Labute approximate surface area is 95.9 Å². The van der Waals surface area contributed by atoms with Crippen LogP contribution in [0.25, 0.3) is 0 Å². The third-order valence-corrected chi connectivity index (χ3v) is 4.36. The van der Waals surface area contributed by atoms with E-state index in [-0.39, 0.29) is 0 Å². The standard InChI is InChI=1S/C13H18OS/c14-12-8-4-5-9-13(12)15-10-11-6-2-1-3-7-11/h4-5,8-9,11,14H,1-3,6-7,10H2. The van der Waals surface area contributed by atoms with E-state index in [1.807, 2.05) is 18.2 Å². The summed E-state index contributed by atoms with van der Waals surface area (Å²) in [4.78, 5) is 1.03. The number of benzene rings is 1. The van der Waals surface area contributed by atoms with Gasteiger partial charge in [-0.1, -0.05) is 31.4 Å². The van der Waals surface area contributed by atoms with Crippen LogP contribution in [-0.2, 0) is 0 Å². The average Bonchev–Trinajstić information content (AvgIpc) is 2.29. The predicted octanol–water partition coefficient (Wildman–Crippen LogP) is 4.06. The van der Waals surface area contributed by atoms with Gasteiger partial charge in [0.2, 0.25) is 0 Å². The van der Waals surface area contributed by atoms with Crippen molar-refractivity contribution in [1.29, 1.82) is 0 Å². The summed E-state index contributed by atoms with van der Waals surface area (Å²) in [5.41, 5.74) is 0. The second-order valence-corrected chi connectivity index (χ2v) is 5.34. The molecule has 0 radical (unpaired) electrons. The molecule has 2 rings (SSSR count). The smallest absolute Gasteiger partial charge is 0.129 e. The van der Waals surface area contributed by atoms with E-state index in [2.05, 4.69) is 0 Å². The molecule has 1 aliphatic carbocycles. The zero-order valence-electron chi connectivity index (χ0n) is 8.98. The quantitative estimate of drug-likeness (QED) is 0.778. The summed E-state index contributed by atoms with van der Waals surface area (Å²) in [6.07, 6.45) is 6.96. The van der Waals surface area contributed by atoms with Crippen LogP contribution < -0.4 is 0 Å². The minimum Gasteiger partial charge on any atom is -0.507 e. The molecule has 0 spiro atoms. The summed E-state index contributed by atoms with van der Waals surface area (Å²) in [7, 11) is 0. The highest BCUT2D eigenvalue weighted by Crippen LogP contribution is 2.33. The number of aromatic hydroxyl groups is 1. The molecule has 0 aliphatic heterocycles. The van der Waals surface area contributed by atoms with E-state index in [1.165, 1.54) is 32.1 Å². The zero-order valence-corrected chi connectivity index (χ0v) is 9.80. The average molecular weight is 222 g/mol. The fourth-order valence-electron chi connectivity index (χ4n) is 2.14. The third-order valence-electron chi connectivity index (χ3n) is 3.06. The summed E-state index contributed by atoms with van der Waals surface area (Å²) >= 11 is 1.80. The first-order valence-corrected chi connectivity index (χ1v) is 6.75. The maximum absolute atomic E-state index is 9.62. The molecule has 2 heteroatoms. The SMILES string of the molecule is Oc1ccccc1SCC1CCCCC1. The van der Waals surface area contributed by atoms with E-state index in [4.69, 9.17) is 0 Å².